The van der Waals surface area contributed by atoms with Crippen LogP contribution >= 0.6 is 0 Å². The number of nitrogens with zero attached hydrogens (tertiary/aromatic N) is 1. The van der Waals surface area contributed by atoms with Crippen molar-refractivity contribution in [3.63, 3.8) is 0 Å². The number of amides is 3. The van der Waals surface area contributed by atoms with E-state index < -0.39 is 47.6 Å². The normalized spacial score (nSPS) is 19.1. The lowest BCUT2D eigenvalue weighted by Crippen LogP contribution is -2.54. The van der Waals surface area contributed by atoms with Gasteiger partial charge in [-0.25, -0.2) is 9.59 Å². The summed E-state index contributed by atoms with van der Waals surface area (Å²) in [6, 6.07) is -2.66. The van der Waals surface area contributed by atoms with Gasteiger partial charge in [-0.3, -0.25) is 14.5 Å². The highest BCUT2D eigenvalue weighted by Gasteiger charge is 2.37. The second kappa shape index (κ2) is 9.75. The summed E-state index contributed by atoms with van der Waals surface area (Å²) in [5.41, 5.74) is -0.670. The molecule has 0 aromatic heterocycles. The molecule has 9 nitrogen and oxygen atoms in total. The largest absolute Gasteiger partial charge is 0.480 e. The van der Waals surface area contributed by atoms with E-state index in [4.69, 9.17) is 4.74 Å². The minimum atomic E-state index is -1.12. The Morgan fingerprint density at radius 3 is 2.25 bits per heavy atom. The Labute approximate surface area is 166 Å². The summed E-state index contributed by atoms with van der Waals surface area (Å²) >= 11 is 0. The smallest absolute Gasteiger partial charge is 0.410 e. The number of carbonyl (C=O) groups excluding carboxylic acids is 3. The van der Waals surface area contributed by atoms with Gasteiger partial charge < -0.3 is 20.5 Å². The van der Waals surface area contributed by atoms with Gasteiger partial charge in [0.25, 0.3) is 0 Å². The fourth-order valence-corrected chi connectivity index (χ4v) is 2.94. The van der Waals surface area contributed by atoms with Crippen molar-refractivity contribution in [1.82, 2.24) is 15.5 Å². The maximum Gasteiger partial charge on any atom is 0.410 e. The molecule has 0 radical (unpaired) electrons. The van der Waals surface area contributed by atoms with Crippen molar-refractivity contribution in [1.29, 1.82) is 0 Å². The predicted octanol–water partition coefficient (Wildman–Crippen LogP) is 1.51. The van der Waals surface area contributed by atoms with Crippen LogP contribution in [0.2, 0.25) is 0 Å². The van der Waals surface area contributed by atoms with E-state index >= 15 is 0 Å². The van der Waals surface area contributed by atoms with E-state index in [1.807, 2.05) is 13.8 Å². The number of likely N-dealkylation sites (tertiary alicyclic amines) is 1. The van der Waals surface area contributed by atoms with Crippen molar-refractivity contribution in [3.8, 4) is 0 Å². The fraction of sp³-hybridized carbons (Fsp3) is 0.789. The van der Waals surface area contributed by atoms with Gasteiger partial charge in [-0.2, -0.15) is 0 Å². The minimum Gasteiger partial charge on any atom is -0.480 e. The average molecular weight is 399 g/mol. The second-order valence-electron chi connectivity index (χ2n) is 8.59. The summed E-state index contributed by atoms with van der Waals surface area (Å²) in [4.78, 5) is 49.8. The number of carboxylic acids is 1. The number of rotatable bonds is 7. The summed E-state index contributed by atoms with van der Waals surface area (Å²) < 4.78 is 5.33. The monoisotopic (exact) mass is 399 g/mol. The van der Waals surface area contributed by atoms with E-state index in [-0.39, 0.29) is 12.3 Å². The molecule has 9 heteroatoms. The Balaban J connectivity index is 2.68. The summed E-state index contributed by atoms with van der Waals surface area (Å²) in [5, 5.41) is 14.3. The molecule has 0 aliphatic carbocycles. The molecule has 1 rings (SSSR count). The van der Waals surface area contributed by atoms with E-state index in [0.717, 1.165) is 0 Å². The zero-order valence-electron chi connectivity index (χ0n) is 17.6. The van der Waals surface area contributed by atoms with Crippen molar-refractivity contribution in [2.75, 3.05) is 6.54 Å². The van der Waals surface area contributed by atoms with Gasteiger partial charge in [-0.15, -0.1) is 0 Å². The zero-order chi connectivity index (χ0) is 21.6. The summed E-state index contributed by atoms with van der Waals surface area (Å²) in [6.45, 7) is 10.9. The molecule has 0 unspecified atom stereocenters. The number of ether oxygens (including phenoxy) is 1. The van der Waals surface area contributed by atoms with Crippen molar-refractivity contribution in [2.24, 2.45) is 5.92 Å². The third kappa shape index (κ3) is 7.36. The molecule has 3 amide bonds. The van der Waals surface area contributed by atoms with Crippen LogP contribution in [0.3, 0.4) is 0 Å². The molecule has 28 heavy (non-hydrogen) atoms. The Bertz CT molecular complexity index is 599. The number of aliphatic carboxylic acids is 1. The van der Waals surface area contributed by atoms with Crippen LogP contribution in [0.4, 0.5) is 4.79 Å². The standard InChI is InChI=1S/C19H33N3O6/c1-11(2)10-13(17(25)26)21-15(23)12(3)20-16(24)14-8-7-9-22(14)18(27)28-19(4,5)6/h11-14H,7-10H2,1-6H3,(H,20,24)(H,21,23)(H,25,26)/t12-,13-,14-/m0/s1. The molecule has 0 bridgehead atoms. The third-order valence-electron chi connectivity index (χ3n) is 4.26. The number of nitrogens with one attached hydrogen (secondary N) is 2. The maximum absolute atomic E-state index is 12.6. The van der Waals surface area contributed by atoms with Crippen LogP contribution < -0.4 is 10.6 Å². The SMILES string of the molecule is CC(C)C[C@H](NC(=O)[C@H](C)NC(=O)[C@@H]1CCCN1C(=O)OC(C)(C)C)C(=O)O. The molecular formula is C19H33N3O6. The predicted molar refractivity (Wildman–Crippen MR) is 103 cm³/mol. The van der Waals surface area contributed by atoms with Gasteiger partial charge >= 0.3 is 12.1 Å². The van der Waals surface area contributed by atoms with Crippen LogP contribution in [-0.2, 0) is 19.1 Å². The van der Waals surface area contributed by atoms with Crippen LogP contribution in [0.15, 0.2) is 0 Å². The number of hydrogen-bond donors (Lipinski definition) is 3. The van der Waals surface area contributed by atoms with Gasteiger partial charge in [-0.05, 0) is 52.9 Å². The van der Waals surface area contributed by atoms with Gasteiger partial charge in [0, 0.05) is 6.54 Å². The maximum atomic E-state index is 12.6. The van der Waals surface area contributed by atoms with E-state index in [2.05, 4.69) is 10.6 Å². The Kier molecular flexibility index (Phi) is 8.26. The quantitative estimate of drug-likeness (QED) is 0.596. The number of carbonyl (C=O) groups is 4. The molecule has 1 aliphatic rings. The number of carboxylic acid groups (broad SMARTS) is 1. The van der Waals surface area contributed by atoms with Crippen LogP contribution in [0.1, 0.15) is 60.8 Å². The zero-order valence-corrected chi connectivity index (χ0v) is 17.6. The fourth-order valence-electron chi connectivity index (χ4n) is 2.94. The Morgan fingerprint density at radius 1 is 1.14 bits per heavy atom. The Hall–Kier alpha value is -2.32. The van der Waals surface area contributed by atoms with Gasteiger partial charge in [0.05, 0.1) is 0 Å². The second-order valence-corrected chi connectivity index (χ2v) is 8.59. The van der Waals surface area contributed by atoms with Crippen LogP contribution in [0, 0.1) is 5.92 Å². The Morgan fingerprint density at radius 2 is 1.75 bits per heavy atom. The van der Waals surface area contributed by atoms with Gasteiger partial charge in [0.2, 0.25) is 11.8 Å². The molecule has 0 spiro atoms. The van der Waals surface area contributed by atoms with Crippen LogP contribution in [-0.4, -0.2) is 64.2 Å². The minimum absolute atomic E-state index is 0.0900. The molecule has 1 heterocycles. The summed E-state index contributed by atoms with van der Waals surface area (Å²) in [7, 11) is 0. The first-order valence-electron chi connectivity index (χ1n) is 9.65. The highest BCUT2D eigenvalue weighted by atomic mass is 16.6. The van der Waals surface area contributed by atoms with Gasteiger partial charge in [-0.1, -0.05) is 13.8 Å². The van der Waals surface area contributed by atoms with E-state index in [0.29, 0.717) is 19.4 Å². The van der Waals surface area contributed by atoms with Crippen molar-refractivity contribution < 1.29 is 29.0 Å². The van der Waals surface area contributed by atoms with Crippen molar-refractivity contribution in [2.45, 2.75) is 84.5 Å². The molecule has 0 aromatic rings. The average Bonchev–Trinajstić information content (AvgIpc) is 3.01. The number of hydrogen-bond acceptors (Lipinski definition) is 5. The molecule has 0 saturated carbocycles. The van der Waals surface area contributed by atoms with E-state index in [1.165, 1.54) is 11.8 Å². The first-order chi connectivity index (χ1) is 12.8. The lowest BCUT2D eigenvalue weighted by atomic mass is 10.0. The molecule has 1 fully saturated rings. The van der Waals surface area contributed by atoms with E-state index in [9.17, 15) is 24.3 Å². The molecule has 1 aliphatic heterocycles. The third-order valence-corrected chi connectivity index (χ3v) is 4.26. The van der Waals surface area contributed by atoms with Gasteiger partial charge in [0.1, 0.15) is 23.7 Å². The molecular weight excluding hydrogens is 366 g/mol. The molecule has 3 atom stereocenters. The highest BCUT2D eigenvalue weighted by Crippen LogP contribution is 2.21. The van der Waals surface area contributed by atoms with Crippen molar-refractivity contribution in [3.05, 3.63) is 0 Å². The van der Waals surface area contributed by atoms with Crippen LogP contribution in [0.25, 0.3) is 0 Å². The molecule has 160 valence electrons. The highest BCUT2D eigenvalue weighted by molar-refractivity contribution is 5.92. The molecule has 1 saturated heterocycles. The first kappa shape index (κ1) is 23.7. The van der Waals surface area contributed by atoms with Crippen LogP contribution in [0.5, 0.6) is 0 Å². The summed E-state index contributed by atoms with van der Waals surface area (Å²) in [5.74, 6) is -2.07. The topological polar surface area (TPSA) is 125 Å². The van der Waals surface area contributed by atoms with Gasteiger partial charge in [0.15, 0.2) is 0 Å². The lowest BCUT2D eigenvalue weighted by molar-refractivity contribution is -0.142. The molecule has 0 aromatic carbocycles. The molecule has 3 N–H and O–H groups in total. The van der Waals surface area contributed by atoms with Crippen molar-refractivity contribution >= 4 is 23.9 Å². The first-order valence-corrected chi connectivity index (χ1v) is 9.65. The van der Waals surface area contributed by atoms with E-state index in [1.54, 1.807) is 20.8 Å². The summed E-state index contributed by atoms with van der Waals surface area (Å²) in [6.07, 6.45) is 0.861. The lowest BCUT2D eigenvalue weighted by Gasteiger charge is -2.28.